The summed E-state index contributed by atoms with van der Waals surface area (Å²) in [5.41, 5.74) is 1.03. The molecule has 0 bridgehead atoms. The van der Waals surface area contributed by atoms with Crippen molar-refractivity contribution in [3.63, 3.8) is 0 Å². The number of aromatic amines is 1. The predicted octanol–water partition coefficient (Wildman–Crippen LogP) is 3.05. The van der Waals surface area contributed by atoms with Crippen LogP contribution in [-0.4, -0.2) is 47.4 Å². The molecule has 0 fully saturated rings. The highest BCUT2D eigenvalue weighted by molar-refractivity contribution is 6.02. The van der Waals surface area contributed by atoms with Gasteiger partial charge >= 0.3 is 11.7 Å². The fourth-order valence-electron chi connectivity index (χ4n) is 3.45. The minimum Gasteiger partial charge on any atom is -0.497 e. The number of hydrogen-bond donors (Lipinski definition) is 3. The summed E-state index contributed by atoms with van der Waals surface area (Å²) in [4.78, 5) is 27.0. The van der Waals surface area contributed by atoms with Gasteiger partial charge in [0.05, 0.1) is 45.0 Å². The van der Waals surface area contributed by atoms with Crippen LogP contribution in [0.1, 0.15) is 21.6 Å². The van der Waals surface area contributed by atoms with Crippen LogP contribution in [0.5, 0.6) is 11.5 Å². The Labute approximate surface area is 183 Å². The van der Waals surface area contributed by atoms with E-state index >= 15 is 0 Å². The number of aliphatic hydroxyl groups excluding tert-OH is 2. The molecular weight excluding hydrogens is 420 g/mol. The highest BCUT2D eigenvalue weighted by Crippen LogP contribution is 2.43. The second-order valence-electron chi connectivity index (χ2n) is 6.80. The molecule has 3 N–H and O–H groups in total. The molecule has 10 heteroatoms. The topological polar surface area (TPSA) is 144 Å². The molecule has 0 radical (unpaired) electrons. The molecular formula is C22H22N2O8. The Morgan fingerprint density at radius 3 is 1.94 bits per heavy atom. The summed E-state index contributed by atoms with van der Waals surface area (Å²) >= 11 is 0. The molecule has 32 heavy (non-hydrogen) atoms. The Kier molecular flexibility index (Phi) is 6.76. The third-order valence-corrected chi connectivity index (χ3v) is 4.89. The van der Waals surface area contributed by atoms with Crippen LogP contribution >= 0.6 is 0 Å². The molecule has 0 amide bonds. The van der Waals surface area contributed by atoms with Crippen LogP contribution < -0.4 is 9.47 Å². The van der Waals surface area contributed by atoms with E-state index in [0.717, 1.165) is 0 Å². The highest BCUT2D eigenvalue weighted by atomic mass is 16.6. The zero-order chi connectivity index (χ0) is 23.4. The molecule has 10 nitrogen and oxygen atoms in total. The first-order valence-corrected chi connectivity index (χ1v) is 9.43. The number of benzene rings is 2. The van der Waals surface area contributed by atoms with Crippen LogP contribution in [-0.2, 0) is 18.0 Å². The summed E-state index contributed by atoms with van der Waals surface area (Å²) in [6.07, 6.45) is 0. The first-order chi connectivity index (χ1) is 15.4. The molecule has 0 saturated heterocycles. The van der Waals surface area contributed by atoms with E-state index in [-0.39, 0.29) is 41.4 Å². The summed E-state index contributed by atoms with van der Waals surface area (Å²) in [5, 5.41) is 31.4. The van der Waals surface area contributed by atoms with Crippen molar-refractivity contribution in [3.8, 4) is 33.9 Å². The molecule has 168 valence electrons. The molecule has 0 atom stereocenters. The maximum atomic E-state index is 12.6. The Morgan fingerprint density at radius 2 is 1.47 bits per heavy atom. The van der Waals surface area contributed by atoms with Gasteiger partial charge in [0, 0.05) is 5.56 Å². The number of aromatic nitrogens is 1. The van der Waals surface area contributed by atoms with E-state index in [1.54, 1.807) is 24.3 Å². The number of carbonyl (C=O) groups excluding carboxylic acids is 1. The van der Waals surface area contributed by atoms with E-state index < -0.39 is 10.9 Å². The quantitative estimate of drug-likeness (QED) is 0.274. The average Bonchev–Trinajstić information content (AvgIpc) is 3.23. The van der Waals surface area contributed by atoms with Crippen molar-refractivity contribution >= 4 is 11.7 Å². The van der Waals surface area contributed by atoms with E-state index in [2.05, 4.69) is 4.98 Å². The number of aliphatic hydroxyl groups is 2. The zero-order valence-electron chi connectivity index (χ0n) is 17.7. The number of ether oxygens (including phenoxy) is 3. The van der Waals surface area contributed by atoms with Gasteiger partial charge < -0.3 is 29.4 Å². The molecule has 0 aliphatic carbocycles. The fraction of sp³-hybridized carbons (Fsp3) is 0.227. The molecule has 3 rings (SSSR count). The van der Waals surface area contributed by atoms with Gasteiger partial charge in [-0.15, -0.1) is 0 Å². The number of nitrogens with one attached hydrogen (secondary N) is 1. The first-order valence-electron chi connectivity index (χ1n) is 9.43. The van der Waals surface area contributed by atoms with Gasteiger partial charge in [-0.25, -0.2) is 4.79 Å². The molecule has 1 aromatic heterocycles. The number of nitro groups is 1. The maximum absolute atomic E-state index is 12.6. The monoisotopic (exact) mass is 442 g/mol. The van der Waals surface area contributed by atoms with Gasteiger partial charge in [-0.05, 0) is 53.1 Å². The van der Waals surface area contributed by atoms with Crippen molar-refractivity contribution in [3.05, 3.63) is 63.3 Å². The Hall–Kier alpha value is -3.89. The fourth-order valence-corrected chi connectivity index (χ4v) is 3.45. The molecule has 0 aliphatic rings. The smallest absolute Gasteiger partial charge is 0.355 e. The molecule has 0 saturated carbocycles. The third kappa shape index (κ3) is 4.27. The van der Waals surface area contributed by atoms with Gasteiger partial charge in [-0.3, -0.25) is 10.1 Å². The van der Waals surface area contributed by atoms with Crippen LogP contribution in [0, 0.1) is 10.1 Å². The van der Waals surface area contributed by atoms with Gasteiger partial charge in [-0.2, -0.15) is 0 Å². The number of hydrogen-bond acceptors (Lipinski definition) is 8. The SMILES string of the molecule is COC(=O)c1[nH]c(-c2cc(CO)cc(OC)c2)c([N+](=O)[O-])c1-c1cc(CO)cc(OC)c1. The lowest BCUT2D eigenvalue weighted by atomic mass is 9.99. The summed E-state index contributed by atoms with van der Waals surface area (Å²) in [5.74, 6) is -0.0862. The maximum Gasteiger partial charge on any atom is 0.355 e. The summed E-state index contributed by atoms with van der Waals surface area (Å²) < 4.78 is 15.3. The predicted molar refractivity (Wildman–Crippen MR) is 115 cm³/mol. The van der Waals surface area contributed by atoms with Crippen LogP contribution in [0.3, 0.4) is 0 Å². The Balaban J connectivity index is 2.40. The number of carbonyl (C=O) groups is 1. The van der Waals surface area contributed by atoms with Crippen molar-refractivity contribution in [2.24, 2.45) is 0 Å². The van der Waals surface area contributed by atoms with Crippen molar-refractivity contribution in [1.29, 1.82) is 0 Å². The van der Waals surface area contributed by atoms with Crippen LogP contribution in [0.4, 0.5) is 5.69 Å². The van der Waals surface area contributed by atoms with Crippen molar-refractivity contribution in [2.75, 3.05) is 21.3 Å². The molecule has 3 aromatic rings. The van der Waals surface area contributed by atoms with Crippen molar-refractivity contribution < 1.29 is 34.1 Å². The van der Waals surface area contributed by atoms with E-state index in [0.29, 0.717) is 28.2 Å². The first kappa shape index (κ1) is 22.8. The van der Waals surface area contributed by atoms with E-state index in [4.69, 9.17) is 14.2 Å². The minimum absolute atomic E-state index is 0.0150. The van der Waals surface area contributed by atoms with Crippen molar-refractivity contribution in [2.45, 2.75) is 13.2 Å². The van der Waals surface area contributed by atoms with Crippen LogP contribution in [0.15, 0.2) is 36.4 Å². The lowest BCUT2D eigenvalue weighted by Crippen LogP contribution is -2.04. The summed E-state index contributed by atoms with van der Waals surface area (Å²) in [7, 11) is 4.02. The Bertz CT molecular complexity index is 1120. The molecule has 1 heterocycles. The van der Waals surface area contributed by atoms with Gasteiger partial charge in [-0.1, -0.05) is 0 Å². The van der Waals surface area contributed by atoms with E-state index in [1.807, 2.05) is 0 Å². The molecule has 0 aliphatic heterocycles. The standard InChI is InChI=1S/C22H22N2O8/c1-30-16-6-12(10-25)4-14(8-16)18-20(22(27)32-3)23-19(21(18)24(28)29)15-5-13(11-26)7-17(9-15)31-2/h4-9,23,25-26H,10-11H2,1-3H3. The average molecular weight is 442 g/mol. The van der Waals surface area contributed by atoms with Gasteiger partial charge in [0.2, 0.25) is 0 Å². The van der Waals surface area contributed by atoms with Crippen LogP contribution in [0.2, 0.25) is 0 Å². The van der Waals surface area contributed by atoms with Crippen molar-refractivity contribution in [1.82, 2.24) is 4.98 Å². The lowest BCUT2D eigenvalue weighted by Gasteiger charge is -2.09. The number of nitrogens with zero attached hydrogens (tertiary/aromatic N) is 1. The Morgan fingerprint density at radius 1 is 0.938 bits per heavy atom. The number of rotatable bonds is 8. The molecule has 2 aromatic carbocycles. The van der Waals surface area contributed by atoms with Gasteiger partial charge in [0.1, 0.15) is 22.9 Å². The number of esters is 1. The molecule has 0 unspecified atom stereocenters. The highest BCUT2D eigenvalue weighted by Gasteiger charge is 2.33. The molecule has 0 spiro atoms. The lowest BCUT2D eigenvalue weighted by molar-refractivity contribution is -0.383. The normalized spacial score (nSPS) is 10.7. The second kappa shape index (κ2) is 9.50. The van der Waals surface area contributed by atoms with E-state index in [1.165, 1.54) is 33.5 Å². The van der Waals surface area contributed by atoms with E-state index in [9.17, 15) is 25.1 Å². The number of methoxy groups -OCH3 is 3. The summed E-state index contributed by atoms with van der Waals surface area (Å²) in [6.45, 7) is -0.649. The minimum atomic E-state index is -0.812. The summed E-state index contributed by atoms with van der Waals surface area (Å²) in [6, 6.07) is 9.33. The zero-order valence-corrected chi connectivity index (χ0v) is 17.7. The largest absolute Gasteiger partial charge is 0.497 e. The van der Waals surface area contributed by atoms with Gasteiger partial charge in [0.25, 0.3) is 0 Å². The van der Waals surface area contributed by atoms with Crippen LogP contribution in [0.25, 0.3) is 22.4 Å². The second-order valence-corrected chi connectivity index (χ2v) is 6.80. The third-order valence-electron chi connectivity index (χ3n) is 4.89. The number of H-pyrrole nitrogens is 1. The van der Waals surface area contributed by atoms with Gasteiger partial charge in [0.15, 0.2) is 0 Å².